The lowest BCUT2D eigenvalue weighted by molar-refractivity contribution is -0.258. The number of anilines is 1. The molecule has 0 saturated carbocycles. The Labute approximate surface area is 218 Å². The Bertz CT molecular complexity index is 1360. The van der Waals surface area contributed by atoms with Crippen molar-refractivity contribution in [2.24, 2.45) is 0 Å². The molecule has 3 aromatic carbocycles. The van der Waals surface area contributed by atoms with E-state index in [1.54, 1.807) is 30.3 Å². The summed E-state index contributed by atoms with van der Waals surface area (Å²) in [4.78, 5) is 2.30. The quantitative estimate of drug-likeness (QED) is 0.333. The van der Waals surface area contributed by atoms with Gasteiger partial charge in [0, 0.05) is 36.3 Å². The fraction of sp³-hybridized carbons (Fsp3) is 0.308. The second-order valence-electron chi connectivity index (χ2n) is 9.13. The van der Waals surface area contributed by atoms with E-state index >= 15 is 0 Å². The zero-order valence-electron chi connectivity index (χ0n) is 19.9. The Balaban J connectivity index is 1.66. The van der Waals surface area contributed by atoms with Gasteiger partial charge in [0.1, 0.15) is 5.82 Å². The number of halogens is 4. The highest BCUT2D eigenvalue weighted by molar-refractivity contribution is 7.90. The van der Waals surface area contributed by atoms with Crippen molar-refractivity contribution in [3.05, 3.63) is 89.7 Å². The predicted molar refractivity (Wildman–Crippen MR) is 136 cm³/mol. The lowest BCUT2D eigenvalue weighted by Gasteiger charge is -2.42. The van der Waals surface area contributed by atoms with Crippen molar-refractivity contribution < 1.29 is 31.1 Å². The van der Waals surface area contributed by atoms with Crippen molar-refractivity contribution in [1.82, 2.24) is 4.31 Å². The standard InChI is InChI=1S/C26H26F4N2O3S2/c1-25(33,26(28,29)30)19-9-11-21(12-10-19)32-14-13-31(37(34,35)24-8-3-2-7-23(24)36)17-22(32)16-18-5-4-6-20(27)15-18/h2-12,15,22,33,36H,13-14,16-17H2,1H3/t22-,25-/m1/s1. The first-order valence-electron chi connectivity index (χ1n) is 11.5. The minimum absolute atomic E-state index is 0.0724. The average Bonchev–Trinajstić information content (AvgIpc) is 2.83. The molecule has 2 atom stereocenters. The van der Waals surface area contributed by atoms with E-state index in [4.69, 9.17) is 0 Å². The second kappa shape index (κ2) is 10.3. The minimum atomic E-state index is -4.85. The van der Waals surface area contributed by atoms with Gasteiger partial charge >= 0.3 is 6.18 Å². The first-order chi connectivity index (χ1) is 17.3. The predicted octanol–water partition coefficient (Wildman–Crippen LogP) is 5.01. The van der Waals surface area contributed by atoms with Crippen LogP contribution in [0.3, 0.4) is 0 Å². The zero-order chi connectivity index (χ0) is 27.0. The number of alkyl halides is 3. The Morgan fingerprint density at radius 3 is 2.30 bits per heavy atom. The van der Waals surface area contributed by atoms with Crippen molar-refractivity contribution >= 4 is 28.3 Å². The molecule has 3 aromatic rings. The number of thiol groups is 1. The third-order valence-electron chi connectivity index (χ3n) is 6.60. The maximum Gasteiger partial charge on any atom is 0.421 e. The molecule has 1 heterocycles. The Morgan fingerprint density at radius 1 is 1.00 bits per heavy atom. The minimum Gasteiger partial charge on any atom is -0.376 e. The van der Waals surface area contributed by atoms with Gasteiger partial charge in [0.2, 0.25) is 10.0 Å². The monoisotopic (exact) mass is 554 g/mol. The van der Waals surface area contributed by atoms with Gasteiger partial charge in [-0.05, 0) is 60.9 Å². The van der Waals surface area contributed by atoms with Gasteiger partial charge in [-0.2, -0.15) is 17.5 Å². The van der Waals surface area contributed by atoms with E-state index in [9.17, 15) is 31.1 Å². The number of benzene rings is 3. The molecule has 1 fully saturated rings. The van der Waals surface area contributed by atoms with E-state index in [0.29, 0.717) is 29.5 Å². The van der Waals surface area contributed by atoms with Crippen LogP contribution in [0, 0.1) is 5.82 Å². The molecule has 1 saturated heterocycles. The molecule has 1 aliphatic heterocycles. The Morgan fingerprint density at radius 2 is 1.68 bits per heavy atom. The Hall–Kier alpha value is -2.60. The molecule has 0 aromatic heterocycles. The summed E-state index contributed by atoms with van der Waals surface area (Å²) in [5.74, 6) is -0.424. The Kier molecular flexibility index (Phi) is 7.62. The van der Waals surface area contributed by atoms with Crippen LogP contribution in [0.5, 0.6) is 0 Å². The van der Waals surface area contributed by atoms with Gasteiger partial charge in [0.25, 0.3) is 0 Å². The molecular formula is C26H26F4N2O3S2. The summed E-state index contributed by atoms with van der Waals surface area (Å²) in [5.41, 5.74) is -2.10. The van der Waals surface area contributed by atoms with E-state index in [2.05, 4.69) is 12.6 Å². The number of nitrogens with zero attached hydrogens (tertiary/aromatic N) is 2. The molecule has 0 amide bonds. The van der Waals surface area contributed by atoms with Crippen LogP contribution in [0.4, 0.5) is 23.2 Å². The molecule has 37 heavy (non-hydrogen) atoms. The molecule has 0 unspecified atom stereocenters. The van der Waals surface area contributed by atoms with Gasteiger partial charge < -0.3 is 10.0 Å². The summed E-state index contributed by atoms with van der Waals surface area (Å²) < 4.78 is 81.9. The van der Waals surface area contributed by atoms with Crippen molar-refractivity contribution in [1.29, 1.82) is 0 Å². The summed E-state index contributed by atoms with van der Waals surface area (Å²) in [6, 6.07) is 17.3. The van der Waals surface area contributed by atoms with Crippen molar-refractivity contribution in [2.75, 3.05) is 24.5 Å². The van der Waals surface area contributed by atoms with Gasteiger partial charge in [0.15, 0.2) is 5.60 Å². The zero-order valence-corrected chi connectivity index (χ0v) is 21.6. The first kappa shape index (κ1) is 27.4. The van der Waals surface area contributed by atoms with Gasteiger partial charge in [-0.15, -0.1) is 12.6 Å². The lowest BCUT2D eigenvalue weighted by Crippen LogP contribution is -2.55. The third kappa shape index (κ3) is 5.64. The molecule has 0 bridgehead atoms. The average molecular weight is 555 g/mol. The van der Waals surface area contributed by atoms with Gasteiger partial charge in [-0.3, -0.25) is 0 Å². The number of hydrogen-bond donors (Lipinski definition) is 2. The highest BCUT2D eigenvalue weighted by Gasteiger charge is 2.51. The van der Waals surface area contributed by atoms with Gasteiger partial charge in [-0.1, -0.05) is 36.4 Å². The van der Waals surface area contributed by atoms with Crippen LogP contribution in [-0.2, 0) is 22.0 Å². The molecule has 0 aliphatic carbocycles. The summed E-state index contributed by atoms with van der Waals surface area (Å²) >= 11 is 4.29. The normalized spacial score (nSPS) is 19.0. The molecule has 0 radical (unpaired) electrons. The summed E-state index contributed by atoms with van der Waals surface area (Å²) in [7, 11) is -3.88. The van der Waals surface area contributed by atoms with E-state index in [1.807, 2.05) is 4.90 Å². The van der Waals surface area contributed by atoms with Crippen molar-refractivity contribution in [2.45, 2.75) is 41.0 Å². The highest BCUT2D eigenvalue weighted by Crippen LogP contribution is 2.39. The maximum absolute atomic E-state index is 13.9. The molecule has 0 spiro atoms. The van der Waals surface area contributed by atoms with Crippen LogP contribution in [-0.4, -0.2) is 49.7 Å². The largest absolute Gasteiger partial charge is 0.421 e. The van der Waals surface area contributed by atoms with Crippen LogP contribution in [0.2, 0.25) is 0 Å². The fourth-order valence-electron chi connectivity index (χ4n) is 4.45. The van der Waals surface area contributed by atoms with Gasteiger partial charge in [0.05, 0.1) is 4.90 Å². The van der Waals surface area contributed by atoms with E-state index in [1.165, 1.54) is 46.8 Å². The maximum atomic E-state index is 13.9. The number of rotatable bonds is 6. The molecular weight excluding hydrogens is 528 g/mol. The van der Waals surface area contributed by atoms with Crippen LogP contribution in [0.25, 0.3) is 0 Å². The number of sulfonamides is 1. The summed E-state index contributed by atoms with van der Waals surface area (Å²) in [5, 5.41) is 10.00. The molecule has 1 N–H and O–H groups in total. The first-order valence-corrected chi connectivity index (χ1v) is 13.4. The van der Waals surface area contributed by atoms with E-state index < -0.39 is 33.7 Å². The highest BCUT2D eigenvalue weighted by atomic mass is 32.2. The van der Waals surface area contributed by atoms with Crippen molar-refractivity contribution in [3.63, 3.8) is 0 Å². The van der Waals surface area contributed by atoms with Crippen LogP contribution >= 0.6 is 12.6 Å². The number of hydrogen-bond acceptors (Lipinski definition) is 5. The van der Waals surface area contributed by atoms with Crippen LogP contribution in [0.1, 0.15) is 18.1 Å². The molecule has 4 rings (SSSR count). The van der Waals surface area contributed by atoms with Crippen LogP contribution in [0.15, 0.2) is 82.6 Å². The van der Waals surface area contributed by atoms with E-state index in [-0.39, 0.29) is 30.1 Å². The molecule has 11 heteroatoms. The fourth-order valence-corrected chi connectivity index (χ4v) is 6.51. The molecule has 198 valence electrons. The SMILES string of the molecule is C[C@@](O)(c1ccc(N2CCN(S(=O)(=O)c3ccccc3S)C[C@H]2Cc2cccc(F)c2)cc1)C(F)(F)F. The van der Waals surface area contributed by atoms with E-state index in [0.717, 1.165) is 0 Å². The topological polar surface area (TPSA) is 60.9 Å². The van der Waals surface area contributed by atoms with Gasteiger partial charge in [-0.25, -0.2) is 12.8 Å². The number of piperazine rings is 1. The summed E-state index contributed by atoms with van der Waals surface area (Å²) in [6.45, 7) is 1.15. The summed E-state index contributed by atoms with van der Waals surface area (Å²) in [6.07, 6.45) is -4.55. The molecule has 5 nitrogen and oxygen atoms in total. The van der Waals surface area contributed by atoms with Crippen molar-refractivity contribution in [3.8, 4) is 0 Å². The lowest BCUT2D eigenvalue weighted by atomic mass is 9.94. The number of aliphatic hydroxyl groups is 1. The van der Waals surface area contributed by atoms with Crippen LogP contribution < -0.4 is 4.90 Å². The smallest absolute Gasteiger partial charge is 0.376 e. The third-order valence-corrected chi connectivity index (χ3v) is 9.07. The molecule has 1 aliphatic rings. The second-order valence-corrected chi connectivity index (χ2v) is 11.5.